The highest BCUT2D eigenvalue weighted by atomic mass is 16.3. The molecule has 0 heterocycles. The Morgan fingerprint density at radius 2 is 1.05 bits per heavy atom. The standard InChI is InChI=1S/5C7H16O/c1-6(2)7(3,4)5-8;1-6(2)7(3)4-5-8;1-5-7(4,8)6(2)3;1-5(2)6(3)7(4)8;1-4-7(5-8)6(2)3/h6,8H,5H2,1-4H3;6-8H,4-5H2,1-3H3;6,8H,5H2,1-4H3;5-8H,1-4H3;6-8H,4-5H2,1-3H3. The second-order valence-electron chi connectivity index (χ2n) is 14.3. The van der Waals surface area contributed by atoms with Gasteiger partial charge in [0, 0.05) is 19.8 Å². The highest BCUT2D eigenvalue weighted by Crippen LogP contribution is 2.24. The van der Waals surface area contributed by atoms with Crippen LogP contribution in [0.25, 0.3) is 0 Å². The van der Waals surface area contributed by atoms with Crippen LogP contribution in [0.4, 0.5) is 0 Å². The molecule has 0 rings (SSSR count). The van der Waals surface area contributed by atoms with Crippen LogP contribution in [0.3, 0.4) is 0 Å². The smallest absolute Gasteiger partial charge is 0.0639 e. The van der Waals surface area contributed by atoms with Crippen molar-refractivity contribution in [2.45, 2.75) is 156 Å². The minimum Gasteiger partial charge on any atom is -0.396 e. The van der Waals surface area contributed by atoms with Crippen molar-refractivity contribution >= 4 is 0 Å². The second-order valence-corrected chi connectivity index (χ2v) is 14.3. The molecule has 0 aromatic carbocycles. The highest BCUT2D eigenvalue weighted by Gasteiger charge is 2.21. The molecule has 5 atom stereocenters. The van der Waals surface area contributed by atoms with Gasteiger partial charge in [0.05, 0.1) is 11.7 Å². The monoisotopic (exact) mass is 581 g/mol. The van der Waals surface area contributed by atoms with Gasteiger partial charge in [0.15, 0.2) is 0 Å². The molecule has 0 bridgehead atoms. The molecule has 5 heteroatoms. The summed E-state index contributed by atoms with van der Waals surface area (Å²) in [5, 5.41) is 44.3. The van der Waals surface area contributed by atoms with Crippen LogP contribution in [0.2, 0.25) is 0 Å². The maximum Gasteiger partial charge on any atom is 0.0639 e. The van der Waals surface area contributed by atoms with Gasteiger partial charge in [0.1, 0.15) is 0 Å². The Balaban J connectivity index is -0.000000128. The zero-order chi connectivity index (χ0) is 33.4. The van der Waals surface area contributed by atoms with Crippen LogP contribution in [0.5, 0.6) is 0 Å². The largest absolute Gasteiger partial charge is 0.396 e. The van der Waals surface area contributed by atoms with Gasteiger partial charge in [0.25, 0.3) is 0 Å². The molecule has 0 radical (unpaired) electrons. The Morgan fingerprint density at radius 1 is 0.625 bits per heavy atom. The predicted octanol–water partition coefficient (Wildman–Crippen LogP) is 8.45. The topological polar surface area (TPSA) is 101 Å². The summed E-state index contributed by atoms with van der Waals surface area (Å²) >= 11 is 0. The molecule has 0 aliphatic carbocycles. The maximum absolute atomic E-state index is 9.40. The van der Waals surface area contributed by atoms with E-state index >= 15 is 0 Å². The summed E-state index contributed by atoms with van der Waals surface area (Å²) in [5.74, 6) is 4.46. The first-order chi connectivity index (χ1) is 18.0. The van der Waals surface area contributed by atoms with Gasteiger partial charge in [-0.25, -0.2) is 0 Å². The molecule has 5 nitrogen and oxygen atoms in total. The molecule has 0 aliphatic rings. The van der Waals surface area contributed by atoms with Crippen LogP contribution in [-0.4, -0.2) is 57.1 Å². The van der Waals surface area contributed by atoms with E-state index in [1.807, 2.05) is 34.6 Å². The van der Waals surface area contributed by atoms with Gasteiger partial charge in [-0.2, -0.15) is 0 Å². The second kappa shape index (κ2) is 27.6. The van der Waals surface area contributed by atoms with Gasteiger partial charge in [-0.05, 0) is 79.4 Å². The Labute approximate surface area is 253 Å². The lowest BCUT2D eigenvalue weighted by atomic mass is 9.82. The summed E-state index contributed by atoms with van der Waals surface area (Å²) in [6.45, 7) is 38.3. The number of hydrogen-bond acceptors (Lipinski definition) is 5. The molecule has 0 saturated carbocycles. The molecular weight excluding hydrogens is 500 g/mol. The van der Waals surface area contributed by atoms with Crippen molar-refractivity contribution in [2.24, 2.45) is 52.8 Å². The first-order valence-electron chi connectivity index (χ1n) is 16.2. The van der Waals surface area contributed by atoms with E-state index < -0.39 is 5.60 Å². The summed E-state index contributed by atoms with van der Waals surface area (Å²) in [4.78, 5) is 0. The number of aliphatic hydroxyl groups excluding tert-OH is 4. The molecule has 0 saturated heterocycles. The molecule has 0 aliphatic heterocycles. The molecule has 5 unspecified atom stereocenters. The Hall–Kier alpha value is -0.200. The molecule has 250 valence electrons. The van der Waals surface area contributed by atoms with Crippen LogP contribution >= 0.6 is 0 Å². The van der Waals surface area contributed by atoms with E-state index in [0.717, 1.165) is 19.3 Å². The van der Waals surface area contributed by atoms with E-state index in [1.54, 1.807) is 0 Å². The van der Waals surface area contributed by atoms with Crippen LogP contribution < -0.4 is 0 Å². The van der Waals surface area contributed by atoms with E-state index in [2.05, 4.69) is 90.0 Å². The van der Waals surface area contributed by atoms with Crippen molar-refractivity contribution in [3.05, 3.63) is 0 Å². The molecule has 0 aromatic heterocycles. The summed E-state index contributed by atoms with van der Waals surface area (Å²) in [5.41, 5.74) is -0.361. The van der Waals surface area contributed by atoms with E-state index in [4.69, 9.17) is 20.4 Å². The summed E-state index contributed by atoms with van der Waals surface area (Å²) < 4.78 is 0. The molecule has 40 heavy (non-hydrogen) atoms. The van der Waals surface area contributed by atoms with Gasteiger partial charge in [-0.3, -0.25) is 0 Å². The number of aliphatic hydroxyl groups is 5. The number of rotatable bonds is 12. The number of hydrogen-bond donors (Lipinski definition) is 5. The minimum atomic E-state index is -0.458. The fourth-order valence-corrected chi connectivity index (χ4v) is 2.50. The predicted molar refractivity (Wildman–Crippen MR) is 179 cm³/mol. The Kier molecular flexibility index (Phi) is 34.2. The van der Waals surface area contributed by atoms with Crippen LogP contribution in [0, 0.1) is 52.8 Å². The van der Waals surface area contributed by atoms with Gasteiger partial charge in [0.2, 0.25) is 0 Å². The molecule has 5 N–H and O–H groups in total. The molecular formula is C35H80O5. The highest BCUT2D eigenvalue weighted by molar-refractivity contribution is 4.73. The first kappa shape index (κ1) is 49.5. The maximum atomic E-state index is 9.40. The van der Waals surface area contributed by atoms with Gasteiger partial charge >= 0.3 is 0 Å². The molecule has 0 aromatic rings. The van der Waals surface area contributed by atoms with Crippen molar-refractivity contribution in [1.29, 1.82) is 0 Å². The van der Waals surface area contributed by atoms with Crippen LogP contribution in [0.15, 0.2) is 0 Å². The SMILES string of the molecule is CC(C)C(C)(C)CO.CC(C)C(C)C(C)O.CC(C)C(C)CCO.CCC(C)(O)C(C)C.CCC(CO)C(C)C. The lowest BCUT2D eigenvalue weighted by molar-refractivity contribution is 0.00997. The van der Waals surface area contributed by atoms with Crippen molar-refractivity contribution in [2.75, 3.05) is 19.8 Å². The van der Waals surface area contributed by atoms with Crippen molar-refractivity contribution in [1.82, 2.24) is 0 Å². The average Bonchev–Trinajstić information content (AvgIpc) is 2.85. The quantitative estimate of drug-likeness (QED) is 0.159. The van der Waals surface area contributed by atoms with Gasteiger partial charge < -0.3 is 25.5 Å². The van der Waals surface area contributed by atoms with Crippen molar-refractivity contribution in [3.63, 3.8) is 0 Å². The summed E-state index contributed by atoms with van der Waals surface area (Å²) in [7, 11) is 0. The van der Waals surface area contributed by atoms with Crippen LogP contribution in [0.1, 0.15) is 144 Å². The fraction of sp³-hybridized carbons (Fsp3) is 1.00. The van der Waals surface area contributed by atoms with Gasteiger partial charge in [-0.15, -0.1) is 0 Å². The van der Waals surface area contributed by atoms with E-state index in [9.17, 15) is 5.11 Å². The van der Waals surface area contributed by atoms with Gasteiger partial charge in [-0.1, -0.05) is 117 Å². The first-order valence-corrected chi connectivity index (χ1v) is 16.2. The van der Waals surface area contributed by atoms with Crippen molar-refractivity contribution < 1.29 is 25.5 Å². The van der Waals surface area contributed by atoms with E-state index in [-0.39, 0.29) is 18.1 Å². The Bertz CT molecular complexity index is 456. The summed E-state index contributed by atoms with van der Waals surface area (Å²) in [6.07, 6.45) is 2.71. The third-order valence-corrected chi connectivity index (χ3v) is 9.17. The third-order valence-electron chi connectivity index (χ3n) is 9.17. The van der Waals surface area contributed by atoms with E-state index in [1.165, 1.54) is 0 Å². The minimum absolute atomic E-state index is 0.0972. The third kappa shape index (κ3) is 30.8. The van der Waals surface area contributed by atoms with Crippen molar-refractivity contribution in [3.8, 4) is 0 Å². The zero-order valence-corrected chi connectivity index (χ0v) is 30.7. The molecule has 0 spiro atoms. The average molecular weight is 581 g/mol. The molecule has 0 fully saturated rings. The lowest BCUT2D eigenvalue weighted by Gasteiger charge is -2.25. The Morgan fingerprint density at radius 3 is 1.07 bits per heavy atom. The lowest BCUT2D eigenvalue weighted by Crippen LogP contribution is -2.29. The summed E-state index contributed by atoms with van der Waals surface area (Å²) in [6, 6.07) is 0. The normalized spacial score (nSPS) is 15.9. The van der Waals surface area contributed by atoms with E-state index in [0.29, 0.717) is 60.6 Å². The molecule has 0 amide bonds. The fourth-order valence-electron chi connectivity index (χ4n) is 2.50. The van der Waals surface area contributed by atoms with Crippen LogP contribution in [-0.2, 0) is 0 Å². The zero-order valence-electron chi connectivity index (χ0n) is 30.7.